The molecule has 3 nitrogen and oxygen atoms in total. The fourth-order valence-electron chi connectivity index (χ4n) is 1.19. The Bertz CT molecular complexity index is 177. The van der Waals surface area contributed by atoms with Crippen LogP contribution in [0.25, 0.3) is 0 Å². The molecule has 0 fully saturated rings. The number of halogens is 1. The van der Waals surface area contributed by atoms with Gasteiger partial charge in [0.15, 0.2) is 0 Å². The number of hydrogen-bond acceptors (Lipinski definition) is 2. The highest BCUT2D eigenvalue weighted by atomic mass is 35.5. The van der Waals surface area contributed by atoms with Crippen molar-refractivity contribution in [2.75, 3.05) is 25.6 Å². The molecule has 0 unspecified atom stereocenters. The van der Waals surface area contributed by atoms with Crippen molar-refractivity contribution >= 4 is 17.5 Å². The number of rotatable bonds is 6. The molecule has 0 aliphatic rings. The molecule has 0 saturated heterocycles. The monoisotopic (exact) mass is 221 g/mol. The van der Waals surface area contributed by atoms with Crippen LogP contribution in [0, 0.1) is 5.41 Å². The molecule has 0 heterocycles. The standard InChI is InChI=1S/C10H20ClNO2/c1-4-5-12(6-7-13)9(14)10(2,3)8-11/h13H,4-8H2,1-3H3. The summed E-state index contributed by atoms with van der Waals surface area (Å²) in [6.45, 7) is 6.73. The smallest absolute Gasteiger partial charge is 0.229 e. The first kappa shape index (κ1) is 13.7. The maximum Gasteiger partial charge on any atom is 0.229 e. The molecule has 0 aromatic rings. The second-order valence-corrected chi connectivity index (χ2v) is 4.30. The van der Waals surface area contributed by atoms with Crippen molar-refractivity contribution in [2.45, 2.75) is 27.2 Å². The summed E-state index contributed by atoms with van der Waals surface area (Å²) in [5.41, 5.74) is -0.536. The van der Waals surface area contributed by atoms with Crippen LogP contribution in [0.2, 0.25) is 0 Å². The lowest BCUT2D eigenvalue weighted by Gasteiger charge is -2.29. The highest BCUT2D eigenvalue weighted by Gasteiger charge is 2.30. The Morgan fingerprint density at radius 1 is 1.43 bits per heavy atom. The van der Waals surface area contributed by atoms with Crippen molar-refractivity contribution in [3.63, 3.8) is 0 Å². The lowest BCUT2D eigenvalue weighted by Crippen LogP contribution is -2.43. The SMILES string of the molecule is CCCN(CCO)C(=O)C(C)(C)CCl. The average molecular weight is 222 g/mol. The Hall–Kier alpha value is -0.280. The number of aliphatic hydroxyl groups excluding tert-OH is 1. The molecule has 4 heteroatoms. The summed E-state index contributed by atoms with van der Waals surface area (Å²) in [5.74, 6) is 0.320. The first-order chi connectivity index (χ1) is 6.49. The molecule has 0 spiro atoms. The molecule has 0 bridgehead atoms. The lowest BCUT2D eigenvalue weighted by molar-refractivity contribution is -0.139. The molecule has 1 amide bonds. The maximum atomic E-state index is 11.9. The van der Waals surface area contributed by atoms with Crippen LogP contribution in [0.5, 0.6) is 0 Å². The van der Waals surface area contributed by atoms with Gasteiger partial charge in [0.05, 0.1) is 12.0 Å². The zero-order chi connectivity index (χ0) is 11.2. The minimum atomic E-state index is -0.536. The zero-order valence-electron chi connectivity index (χ0n) is 9.22. The summed E-state index contributed by atoms with van der Waals surface area (Å²) < 4.78 is 0. The number of carbonyl (C=O) groups excluding carboxylic acids is 1. The first-order valence-corrected chi connectivity index (χ1v) is 5.49. The normalized spacial score (nSPS) is 11.5. The van der Waals surface area contributed by atoms with E-state index in [4.69, 9.17) is 16.7 Å². The predicted molar refractivity (Wildman–Crippen MR) is 58.5 cm³/mol. The van der Waals surface area contributed by atoms with Crippen LogP contribution in [0.1, 0.15) is 27.2 Å². The van der Waals surface area contributed by atoms with E-state index in [1.54, 1.807) is 4.90 Å². The van der Waals surface area contributed by atoms with Gasteiger partial charge in [-0.2, -0.15) is 0 Å². The highest BCUT2D eigenvalue weighted by molar-refractivity contribution is 6.19. The highest BCUT2D eigenvalue weighted by Crippen LogP contribution is 2.20. The Morgan fingerprint density at radius 3 is 2.36 bits per heavy atom. The van der Waals surface area contributed by atoms with Crippen molar-refractivity contribution < 1.29 is 9.90 Å². The summed E-state index contributed by atoms with van der Waals surface area (Å²) in [7, 11) is 0. The van der Waals surface area contributed by atoms with Gasteiger partial charge in [0.1, 0.15) is 0 Å². The maximum absolute atomic E-state index is 11.9. The third-order valence-corrected chi connectivity index (χ3v) is 2.73. The molecule has 0 rings (SSSR count). The second kappa shape index (κ2) is 6.25. The van der Waals surface area contributed by atoms with Gasteiger partial charge < -0.3 is 10.0 Å². The van der Waals surface area contributed by atoms with E-state index in [0.29, 0.717) is 19.0 Å². The van der Waals surface area contributed by atoms with Crippen LogP contribution in [-0.4, -0.2) is 41.5 Å². The van der Waals surface area contributed by atoms with Gasteiger partial charge >= 0.3 is 0 Å². The van der Waals surface area contributed by atoms with Crippen LogP contribution in [0.4, 0.5) is 0 Å². The van der Waals surface area contributed by atoms with Crippen LogP contribution in [-0.2, 0) is 4.79 Å². The number of hydrogen-bond donors (Lipinski definition) is 1. The van der Waals surface area contributed by atoms with E-state index in [-0.39, 0.29) is 12.5 Å². The second-order valence-electron chi connectivity index (χ2n) is 4.03. The largest absolute Gasteiger partial charge is 0.395 e. The molecule has 0 aliphatic heterocycles. The Labute approximate surface area is 91.0 Å². The zero-order valence-corrected chi connectivity index (χ0v) is 9.97. The minimum Gasteiger partial charge on any atom is -0.395 e. The van der Waals surface area contributed by atoms with Gasteiger partial charge in [-0.25, -0.2) is 0 Å². The summed E-state index contributed by atoms with van der Waals surface area (Å²) >= 11 is 5.72. The number of aliphatic hydroxyl groups is 1. The number of carbonyl (C=O) groups is 1. The fourth-order valence-corrected chi connectivity index (χ4v) is 1.31. The van der Waals surface area contributed by atoms with Crippen LogP contribution < -0.4 is 0 Å². The quantitative estimate of drug-likeness (QED) is 0.691. The minimum absolute atomic E-state index is 0.00407. The summed E-state index contributed by atoms with van der Waals surface area (Å²) in [4.78, 5) is 13.6. The molecule has 84 valence electrons. The molecule has 0 aromatic carbocycles. The van der Waals surface area contributed by atoms with E-state index in [1.807, 2.05) is 20.8 Å². The van der Waals surface area contributed by atoms with Gasteiger partial charge in [0, 0.05) is 19.0 Å². The number of nitrogens with zero attached hydrogens (tertiary/aromatic N) is 1. The number of amides is 1. The van der Waals surface area contributed by atoms with Gasteiger partial charge in [-0.05, 0) is 20.3 Å². The lowest BCUT2D eigenvalue weighted by atomic mass is 9.94. The van der Waals surface area contributed by atoms with Crippen LogP contribution >= 0.6 is 11.6 Å². The van der Waals surface area contributed by atoms with Gasteiger partial charge in [-0.1, -0.05) is 6.92 Å². The van der Waals surface area contributed by atoms with E-state index in [2.05, 4.69) is 0 Å². The van der Waals surface area contributed by atoms with E-state index >= 15 is 0 Å². The van der Waals surface area contributed by atoms with Gasteiger partial charge in [0.25, 0.3) is 0 Å². The van der Waals surface area contributed by atoms with Gasteiger partial charge in [0.2, 0.25) is 5.91 Å². The van der Waals surface area contributed by atoms with E-state index in [0.717, 1.165) is 6.42 Å². The molecule has 0 atom stereocenters. The summed E-state index contributed by atoms with van der Waals surface area (Å²) in [5, 5.41) is 8.82. The van der Waals surface area contributed by atoms with Crippen molar-refractivity contribution in [1.29, 1.82) is 0 Å². The predicted octanol–water partition coefficient (Wildman–Crippen LogP) is 1.48. The summed E-state index contributed by atoms with van der Waals surface area (Å²) in [6.07, 6.45) is 0.893. The molecule has 0 aliphatic carbocycles. The van der Waals surface area contributed by atoms with E-state index < -0.39 is 5.41 Å². The van der Waals surface area contributed by atoms with Crippen LogP contribution in [0.3, 0.4) is 0 Å². The molecular weight excluding hydrogens is 202 g/mol. The van der Waals surface area contributed by atoms with Crippen molar-refractivity contribution in [3.8, 4) is 0 Å². The Kier molecular flexibility index (Phi) is 6.12. The molecule has 0 aromatic heterocycles. The van der Waals surface area contributed by atoms with E-state index in [9.17, 15) is 4.79 Å². The topological polar surface area (TPSA) is 40.5 Å². The van der Waals surface area contributed by atoms with E-state index in [1.165, 1.54) is 0 Å². The van der Waals surface area contributed by atoms with Gasteiger partial charge in [-0.15, -0.1) is 11.6 Å². The third-order valence-electron chi connectivity index (χ3n) is 2.06. The molecular formula is C10H20ClNO2. The van der Waals surface area contributed by atoms with Crippen molar-refractivity contribution in [1.82, 2.24) is 4.90 Å². The first-order valence-electron chi connectivity index (χ1n) is 4.95. The van der Waals surface area contributed by atoms with Gasteiger partial charge in [-0.3, -0.25) is 4.79 Å². The number of alkyl halides is 1. The third kappa shape index (κ3) is 3.84. The Balaban J connectivity index is 4.41. The fraction of sp³-hybridized carbons (Fsp3) is 0.900. The average Bonchev–Trinajstić information content (AvgIpc) is 2.16. The van der Waals surface area contributed by atoms with Crippen molar-refractivity contribution in [3.05, 3.63) is 0 Å². The van der Waals surface area contributed by atoms with Crippen molar-refractivity contribution in [2.24, 2.45) is 5.41 Å². The Morgan fingerprint density at radius 2 is 2.00 bits per heavy atom. The summed E-state index contributed by atoms with van der Waals surface area (Å²) in [6, 6.07) is 0. The molecule has 14 heavy (non-hydrogen) atoms. The molecule has 0 saturated carbocycles. The molecule has 0 radical (unpaired) electrons. The van der Waals surface area contributed by atoms with Crippen LogP contribution in [0.15, 0.2) is 0 Å². The molecule has 1 N–H and O–H groups in total.